The maximum absolute atomic E-state index is 12.9. The molecule has 0 radical (unpaired) electrons. The summed E-state index contributed by atoms with van der Waals surface area (Å²) in [5, 5.41) is 2.91. The van der Waals surface area contributed by atoms with Gasteiger partial charge in [-0.3, -0.25) is 9.59 Å². The molecule has 1 saturated heterocycles. The molecule has 0 spiro atoms. The number of hydrogen-bond acceptors (Lipinski definition) is 4. The Kier molecular flexibility index (Phi) is 4.54. The van der Waals surface area contributed by atoms with Gasteiger partial charge in [-0.05, 0) is 56.0 Å². The van der Waals surface area contributed by atoms with Gasteiger partial charge in [0.15, 0.2) is 11.5 Å². The molecule has 2 aliphatic rings. The predicted octanol–water partition coefficient (Wildman–Crippen LogP) is 4.20. The first kappa shape index (κ1) is 17.9. The molecule has 2 heterocycles. The summed E-state index contributed by atoms with van der Waals surface area (Å²) in [5.41, 5.74) is 2.99. The molecule has 29 heavy (non-hydrogen) atoms. The molecule has 0 unspecified atom stereocenters. The Balaban J connectivity index is 1.23. The van der Waals surface area contributed by atoms with Crippen LogP contribution < -0.4 is 5.32 Å². The lowest BCUT2D eigenvalue weighted by Gasteiger charge is -2.30. The summed E-state index contributed by atoms with van der Waals surface area (Å²) in [4.78, 5) is 31.4. The van der Waals surface area contributed by atoms with E-state index in [1.807, 2.05) is 47.4 Å². The molecule has 2 amide bonds. The van der Waals surface area contributed by atoms with E-state index in [2.05, 4.69) is 10.3 Å². The number of aromatic nitrogens is 1. The van der Waals surface area contributed by atoms with Gasteiger partial charge in [0, 0.05) is 36.2 Å². The normalized spacial score (nSPS) is 17.4. The minimum absolute atomic E-state index is 0.00327. The fraction of sp³-hybridized carbons (Fsp3) is 0.348. The molecule has 2 fully saturated rings. The van der Waals surface area contributed by atoms with Gasteiger partial charge < -0.3 is 14.6 Å². The number of nitrogens with one attached hydrogen (secondary N) is 1. The van der Waals surface area contributed by atoms with E-state index in [1.165, 1.54) is 0 Å². The van der Waals surface area contributed by atoms with E-state index < -0.39 is 0 Å². The maximum Gasteiger partial charge on any atom is 0.253 e. The Bertz CT molecular complexity index is 1030. The average molecular weight is 389 g/mol. The van der Waals surface area contributed by atoms with Gasteiger partial charge in [0.05, 0.1) is 0 Å². The Hall–Kier alpha value is -3.15. The van der Waals surface area contributed by atoms with Crippen molar-refractivity contribution in [2.75, 3.05) is 18.4 Å². The zero-order chi connectivity index (χ0) is 19.8. The molecule has 1 aromatic heterocycles. The first-order chi connectivity index (χ1) is 14.2. The highest BCUT2D eigenvalue weighted by Gasteiger charge is 2.30. The van der Waals surface area contributed by atoms with Gasteiger partial charge in [0.1, 0.15) is 5.52 Å². The van der Waals surface area contributed by atoms with Gasteiger partial charge in [-0.25, -0.2) is 4.98 Å². The van der Waals surface area contributed by atoms with Crippen LogP contribution in [0.5, 0.6) is 0 Å². The second-order valence-corrected chi connectivity index (χ2v) is 7.93. The van der Waals surface area contributed by atoms with Crippen molar-refractivity contribution >= 4 is 28.6 Å². The number of nitrogens with zero attached hydrogens (tertiary/aromatic N) is 2. The Morgan fingerprint density at radius 3 is 2.55 bits per heavy atom. The van der Waals surface area contributed by atoms with E-state index in [9.17, 15) is 9.59 Å². The lowest BCUT2D eigenvalue weighted by molar-refractivity contribution is -0.117. The van der Waals surface area contributed by atoms with Crippen LogP contribution in [0.4, 0.5) is 5.69 Å². The van der Waals surface area contributed by atoms with Gasteiger partial charge in [-0.2, -0.15) is 0 Å². The monoisotopic (exact) mass is 389 g/mol. The fourth-order valence-corrected chi connectivity index (χ4v) is 3.90. The number of para-hydroxylation sites is 2. The molecule has 0 atom stereocenters. The van der Waals surface area contributed by atoms with Crippen LogP contribution in [-0.4, -0.2) is 34.8 Å². The molecule has 0 bridgehead atoms. The molecule has 1 saturated carbocycles. The Morgan fingerprint density at radius 2 is 1.79 bits per heavy atom. The van der Waals surface area contributed by atoms with Crippen LogP contribution in [-0.2, 0) is 4.79 Å². The fourth-order valence-electron chi connectivity index (χ4n) is 3.90. The van der Waals surface area contributed by atoms with Crippen molar-refractivity contribution in [3.8, 4) is 0 Å². The lowest BCUT2D eigenvalue weighted by Crippen LogP contribution is -2.38. The SMILES string of the molecule is O=C(Nc1cccc(C(=O)N2CCC(c3nc4ccccc4o3)CC2)c1)C1CC1. The first-order valence-electron chi connectivity index (χ1n) is 10.2. The number of anilines is 1. The minimum atomic E-state index is 0.00327. The van der Waals surface area contributed by atoms with Gasteiger partial charge in [-0.15, -0.1) is 0 Å². The zero-order valence-electron chi connectivity index (χ0n) is 16.1. The van der Waals surface area contributed by atoms with E-state index in [0.717, 1.165) is 42.7 Å². The number of oxazole rings is 1. The smallest absolute Gasteiger partial charge is 0.253 e. The second kappa shape index (κ2) is 7.35. The Morgan fingerprint density at radius 1 is 1.00 bits per heavy atom. The zero-order valence-corrected chi connectivity index (χ0v) is 16.1. The van der Waals surface area contributed by atoms with Crippen LogP contribution in [0.2, 0.25) is 0 Å². The predicted molar refractivity (Wildman–Crippen MR) is 110 cm³/mol. The van der Waals surface area contributed by atoms with E-state index in [-0.39, 0.29) is 23.7 Å². The maximum atomic E-state index is 12.9. The van der Waals surface area contributed by atoms with Crippen molar-refractivity contribution in [3.05, 3.63) is 60.0 Å². The van der Waals surface area contributed by atoms with E-state index in [0.29, 0.717) is 24.3 Å². The summed E-state index contributed by atoms with van der Waals surface area (Å²) in [6.07, 6.45) is 3.58. The summed E-state index contributed by atoms with van der Waals surface area (Å²) in [6.45, 7) is 1.34. The van der Waals surface area contributed by atoms with Gasteiger partial charge in [0.2, 0.25) is 5.91 Å². The number of hydrogen-bond donors (Lipinski definition) is 1. The van der Waals surface area contributed by atoms with E-state index in [4.69, 9.17) is 4.42 Å². The van der Waals surface area contributed by atoms with Crippen LogP contribution in [0.3, 0.4) is 0 Å². The first-order valence-corrected chi connectivity index (χ1v) is 10.2. The van der Waals surface area contributed by atoms with Crippen LogP contribution in [0.1, 0.15) is 47.8 Å². The number of fused-ring (bicyclic) bond motifs is 1. The summed E-state index contributed by atoms with van der Waals surface area (Å²) in [5.74, 6) is 1.19. The number of amides is 2. The highest BCUT2D eigenvalue weighted by Crippen LogP contribution is 2.31. The largest absolute Gasteiger partial charge is 0.440 e. The molecule has 1 N–H and O–H groups in total. The highest BCUT2D eigenvalue weighted by molar-refractivity contribution is 5.98. The second-order valence-electron chi connectivity index (χ2n) is 7.93. The van der Waals surface area contributed by atoms with Crippen molar-refractivity contribution in [3.63, 3.8) is 0 Å². The highest BCUT2D eigenvalue weighted by atomic mass is 16.3. The average Bonchev–Trinajstić information content (AvgIpc) is 3.52. The third-order valence-electron chi connectivity index (χ3n) is 5.77. The molecular formula is C23H23N3O3. The van der Waals surface area contributed by atoms with Crippen LogP contribution >= 0.6 is 0 Å². The van der Waals surface area contributed by atoms with Crippen molar-refractivity contribution in [1.82, 2.24) is 9.88 Å². The molecule has 6 nitrogen and oxygen atoms in total. The van der Waals surface area contributed by atoms with Crippen LogP contribution in [0.25, 0.3) is 11.1 Å². The van der Waals surface area contributed by atoms with Crippen molar-refractivity contribution in [2.45, 2.75) is 31.6 Å². The van der Waals surface area contributed by atoms with Crippen molar-refractivity contribution in [2.24, 2.45) is 5.92 Å². The molecule has 3 aromatic rings. The molecular weight excluding hydrogens is 366 g/mol. The molecule has 148 valence electrons. The van der Waals surface area contributed by atoms with Gasteiger partial charge in [-0.1, -0.05) is 18.2 Å². The molecule has 1 aliphatic heterocycles. The molecule has 2 aromatic carbocycles. The number of carbonyl (C=O) groups is 2. The van der Waals surface area contributed by atoms with Crippen LogP contribution in [0, 0.1) is 5.92 Å². The minimum Gasteiger partial charge on any atom is -0.440 e. The third-order valence-corrected chi connectivity index (χ3v) is 5.77. The number of piperidine rings is 1. The quantitative estimate of drug-likeness (QED) is 0.726. The van der Waals surface area contributed by atoms with Gasteiger partial charge in [0.25, 0.3) is 5.91 Å². The van der Waals surface area contributed by atoms with Crippen LogP contribution in [0.15, 0.2) is 52.9 Å². The standard InChI is InChI=1S/C23H23N3O3/c27-21(15-8-9-15)24-18-5-3-4-17(14-18)23(28)26-12-10-16(11-13-26)22-25-19-6-1-2-7-20(19)29-22/h1-7,14-16H,8-13H2,(H,24,27). The number of likely N-dealkylation sites (tertiary alicyclic amines) is 1. The topological polar surface area (TPSA) is 75.4 Å². The summed E-state index contributed by atoms with van der Waals surface area (Å²) in [6, 6.07) is 15.0. The van der Waals surface area contributed by atoms with Crippen molar-refractivity contribution < 1.29 is 14.0 Å². The molecule has 6 heteroatoms. The number of benzene rings is 2. The van der Waals surface area contributed by atoms with E-state index >= 15 is 0 Å². The molecule has 5 rings (SSSR count). The summed E-state index contributed by atoms with van der Waals surface area (Å²) < 4.78 is 5.91. The molecule has 1 aliphatic carbocycles. The van der Waals surface area contributed by atoms with Crippen molar-refractivity contribution in [1.29, 1.82) is 0 Å². The lowest BCUT2D eigenvalue weighted by atomic mass is 9.96. The van der Waals surface area contributed by atoms with Gasteiger partial charge >= 0.3 is 0 Å². The number of rotatable bonds is 4. The Labute approximate surface area is 168 Å². The number of carbonyl (C=O) groups excluding carboxylic acids is 2. The summed E-state index contributed by atoms with van der Waals surface area (Å²) >= 11 is 0. The third kappa shape index (κ3) is 3.75. The van der Waals surface area contributed by atoms with E-state index in [1.54, 1.807) is 6.07 Å². The summed E-state index contributed by atoms with van der Waals surface area (Å²) in [7, 11) is 0.